The summed E-state index contributed by atoms with van der Waals surface area (Å²) in [6, 6.07) is 18.9. The molecule has 1 aromatic heterocycles. The molecule has 2 heterocycles. The molecule has 0 spiro atoms. The van der Waals surface area contributed by atoms with Crippen molar-refractivity contribution in [2.24, 2.45) is 0 Å². The van der Waals surface area contributed by atoms with Gasteiger partial charge in [0.2, 0.25) is 0 Å². The maximum Gasteiger partial charge on any atom is 0.0706 e. The Kier molecular flexibility index (Phi) is 4.76. The van der Waals surface area contributed by atoms with E-state index in [1.54, 1.807) is 0 Å². The molecule has 4 nitrogen and oxygen atoms in total. The third kappa shape index (κ3) is 3.65. The van der Waals surface area contributed by atoms with Crippen molar-refractivity contribution in [3.63, 3.8) is 0 Å². The summed E-state index contributed by atoms with van der Waals surface area (Å²) in [6.07, 6.45) is 1.06. The number of benzene rings is 2. The Morgan fingerprint density at radius 3 is 2.58 bits per heavy atom. The standard InChI is InChI=1S/C22H26N4/c1-17-22(16-19-6-2-3-8-21(19)24-17)26-13-11-25(12-14-26)10-9-18-5-4-7-20(23)15-18/h2-8,15-16H,9-14,23H2,1H3. The van der Waals surface area contributed by atoms with Gasteiger partial charge in [0.15, 0.2) is 0 Å². The molecule has 2 N–H and O–H groups in total. The summed E-state index contributed by atoms with van der Waals surface area (Å²) in [4.78, 5) is 9.81. The minimum absolute atomic E-state index is 0.853. The minimum atomic E-state index is 0.853. The van der Waals surface area contributed by atoms with Gasteiger partial charge in [0.1, 0.15) is 0 Å². The first-order chi connectivity index (χ1) is 12.7. The summed E-state index contributed by atoms with van der Waals surface area (Å²) in [5.74, 6) is 0. The van der Waals surface area contributed by atoms with Crippen molar-refractivity contribution in [1.82, 2.24) is 9.88 Å². The van der Waals surface area contributed by atoms with Crippen LogP contribution in [0.1, 0.15) is 11.3 Å². The van der Waals surface area contributed by atoms with Crippen molar-refractivity contribution in [3.05, 3.63) is 65.9 Å². The number of nitrogen functional groups attached to an aromatic ring is 1. The van der Waals surface area contributed by atoms with Crippen LogP contribution in [0.5, 0.6) is 0 Å². The summed E-state index contributed by atoms with van der Waals surface area (Å²) in [7, 11) is 0. The van der Waals surface area contributed by atoms with Gasteiger partial charge in [-0.05, 0) is 43.2 Å². The zero-order valence-corrected chi connectivity index (χ0v) is 15.4. The summed E-state index contributed by atoms with van der Waals surface area (Å²) < 4.78 is 0. The molecule has 134 valence electrons. The normalized spacial score (nSPS) is 15.5. The highest BCUT2D eigenvalue weighted by Crippen LogP contribution is 2.25. The molecule has 0 atom stereocenters. The highest BCUT2D eigenvalue weighted by atomic mass is 15.3. The molecule has 0 aliphatic carbocycles. The first kappa shape index (κ1) is 16.9. The van der Waals surface area contributed by atoms with Crippen molar-refractivity contribution in [2.45, 2.75) is 13.3 Å². The number of aromatic nitrogens is 1. The fraction of sp³-hybridized carbons (Fsp3) is 0.318. The number of nitrogens with zero attached hydrogens (tertiary/aromatic N) is 3. The smallest absolute Gasteiger partial charge is 0.0706 e. The number of anilines is 2. The van der Waals surface area contributed by atoms with Crippen LogP contribution in [-0.4, -0.2) is 42.6 Å². The molecule has 3 aromatic rings. The fourth-order valence-electron chi connectivity index (χ4n) is 3.77. The first-order valence-electron chi connectivity index (χ1n) is 9.37. The molecule has 1 saturated heterocycles. The second kappa shape index (κ2) is 7.34. The molecule has 1 aliphatic heterocycles. The number of hydrogen-bond acceptors (Lipinski definition) is 4. The quantitative estimate of drug-likeness (QED) is 0.735. The molecule has 26 heavy (non-hydrogen) atoms. The molecule has 0 bridgehead atoms. The van der Waals surface area contributed by atoms with Crippen molar-refractivity contribution < 1.29 is 0 Å². The summed E-state index contributed by atoms with van der Waals surface area (Å²) >= 11 is 0. The van der Waals surface area contributed by atoms with Gasteiger partial charge < -0.3 is 10.6 Å². The van der Waals surface area contributed by atoms with Crippen LogP contribution in [-0.2, 0) is 6.42 Å². The Hall–Kier alpha value is -2.59. The first-order valence-corrected chi connectivity index (χ1v) is 9.37. The van der Waals surface area contributed by atoms with Gasteiger partial charge in [-0.2, -0.15) is 0 Å². The van der Waals surface area contributed by atoms with Crippen LogP contribution in [0.4, 0.5) is 11.4 Å². The van der Waals surface area contributed by atoms with Gasteiger partial charge >= 0.3 is 0 Å². The molecule has 0 radical (unpaired) electrons. The van der Waals surface area contributed by atoms with Crippen LogP contribution in [0, 0.1) is 6.92 Å². The molecule has 1 fully saturated rings. The molecular formula is C22H26N4. The van der Waals surface area contributed by atoms with Crippen molar-refractivity contribution in [2.75, 3.05) is 43.4 Å². The Morgan fingerprint density at radius 2 is 1.77 bits per heavy atom. The van der Waals surface area contributed by atoms with E-state index in [0.29, 0.717) is 0 Å². The number of rotatable bonds is 4. The van der Waals surface area contributed by atoms with E-state index < -0.39 is 0 Å². The van der Waals surface area contributed by atoms with Crippen molar-refractivity contribution in [1.29, 1.82) is 0 Å². The molecule has 0 amide bonds. The average molecular weight is 346 g/mol. The Balaban J connectivity index is 1.38. The summed E-state index contributed by atoms with van der Waals surface area (Å²) in [5.41, 5.74) is 11.5. The lowest BCUT2D eigenvalue weighted by Gasteiger charge is -2.36. The van der Waals surface area contributed by atoms with Crippen LogP contribution in [0.25, 0.3) is 10.9 Å². The number of aryl methyl sites for hydroxylation is 1. The van der Waals surface area contributed by atoms with E-state index in [9.17, 15) is 0 Å². The predicted molar refractivity (Wildman–Crippen MR) is 110 cm³/mol. The molecule has 0 saturated carbocycles. The number of nitrogens with two attached hydrogens (primary N) is 1. The molecular weight excluding hydrogens is 320 g/mol. The third-order valence-corrected chi connectivity index (χ3v) is 5.27. The Bertz CT molecular complexity index is 898. The lowest BCUT2D eigenvalue weighted by Crippen LogP contribution is -2.47. The highest BCUT2D eigenvalue weighted by Gasteiger charge is 2.19. The maximum absolute atomic E-state index is 5.88. The maximum atomic E-state index is 5.88. The van der Waals surface area contributed by atoms with E-state index in [0.717, 1.165) is 56.0 Å². The van der Waals surface area contributed by atoms with Crippen LogP contribution in [0.3, 0.4) is 0 Å². The number of piperazine rings is 1. The monoisotopic (exact) mass is 346 g/mol. The van der Waals surface area contributed by atoms with E-state index in [-0.39, 0.29) is 0 Å². The second-order valence-corrected chi connectivity index (χ2v) is 7.11. The SMILES string of the molecule is Cc1nc2ccccc2cc1N1CCN(CCc2cccc(N)c2)CC1. The van der Waals surface area contributed by atoms with Crippen molar-refractivity contribution >= 4 is 22.3 Å². The topological polar surface area (TPSA) is 45.4 Å². The van der Waals surface area contributed by atoms with Crippen LogP contribution < -0.4 is 10.6 Å². The molecule has 1 aliphatic rings. The lowest BCUT2D eigenvalue weighted by molar-refractivity contribution is 0.261. The zero-order valence-electron chi connectivity index (χ0n) is 15.4. The van der Waals surface area contributed by atoms with Gasteiger partial charge in [-0.1, -0.05) is 30.3 Å². The van der Waals surface area contributed by atoms with Gasteiger partial charge in [0, 0.05) is 43.8 Å². The molecule has 0 unspecified atom stereocenters. The number of pyridine rings is 1. The average Bonchev–Trinajstić information content (AvgIpc) is 2.66. The Morgan fingerprint density at radius 1 is 0.962 bits per heavy atom. The van der Waals surface area contributed by atoms with E-state index in [2.05, 4.69) is 53.1 Å². The van der Waals surface area contributed by atoms with Gasteiger partial charge in [0.25, 0.3) is 0 Å². The molecule has 2 aromatic carbocycles. The van der Waals surface area contributed by atoms with Gasteiger partial charge in [-0.25, -0.2) is 0 Å². The van der Waals surface area contributed by atoms with E-state index >= 15 is 0 Å². The predicted octanol–water partition coefficient (Wildman–Crippen LogP) is 3.49. The van der Waals surface area contributed by atoms with Gasteiger partial charge in [-0.3, -0.25) is 9.88 Å². The summed E-state index contributed by atoms with van der Waals surface area (Å²) in [6.45, 7) is 7.50. The van der Waals surface area contributed by atoms with Crippen LogP contribution >= 0.6 is 0 Å². The molecule has 4 rings (SSSR count). The zero-order chi connectivity index (χ0) is 17.9. The number of hydrogen-bond donors (Lipinski definition) is 1. The Labute approximate surface area is 155 Å². The summed E-state index contributed by atoms with van der Waals surface area (Å²) in [5, 5.41) is 1.22. The second-order valence-electron chi connectivity index (χ2n) is 7.11. The van der Waals surface area contributed by atoms with Gasteiger partial charge in [-0.15, -0.1) is 0 Å². The van der Waals surface area contributed by atoms with Gasteiger partial charge in [0.05, 0.1) is 16.9 Å². The number of fused-ring (bicyclic) bond motifs is 1. The minimum Gasteiger partial charge on any atom is -0.399 e. The fourth-order valence-corrected chi connectivity index (χ4v) is 3.77. The third-order valence-electron chi connectivity index (χ3n) is 5.27. The van der Waals surface area contributed by atoms with Crippen LogP contribution in [0.2, 0.25) is 0 Å². The van der Waals surface area contributed by atoms with Crippen LogP contribution in [0.15, 0.2) is 54.6 Å². The van der Waals surface area contributed by atoms with E-state index in [1.807, 2.05) is 18.2 Å². The van der Waals surface area contributed by atoms with E-state index in [1.165, 1.54) is 16.6 Å². The van der Waals surface area contributed by atoms with E-state index in [4.69, 9.17) is 10.7 Å². The highest BCUT2D eigenvalue weighted by molar-refractivity contribution is 5.82. The lowest BCUT2D eigenvalue weighted by atomic mass is 10.1. The largest absolute Gasteiger partial charge is 0.399 e. The number of para-hydroxylation sites is 1. The molecule has 4 heteroatoms. The van der Waals surface area contributed by atoms with Crippen molar-refractivity contribution in [3.8, 4) is 0 Å².